The van der Waals surface area contributed by atoms with E-state index in [1.165, 1.54) is 27.8 Å². The molecule has 4 rings (SSSR count). The van der Waals surface area contributed by atoms with Gasteiger partial charge in [0, 0.05) is 23.8 Å². The van der Waals surface area contributed by atoms with Gasteiger partial charge in [0.15, 0.2) is 12.4 Å². The normalized spacial score (nSPS) is 10.7. The quantitative estimate of drug-likeness (QED) is 0.467. The van der Waals surface area contributed by atoms with Crippen molar-refractivity contribution >= 4 is 5.52 Å². The molecule has 0 radical (unpaired) electrons. The summed E-state index contributed by atoms with van der Waals surface area (Å²) in [5, 5.41) is 0. The van der Waals surface area contributed by atoms with Crippen molar-refractivity contribution in [3.05, 3.63) is 97.3 Å². The number of aromatic nitrogens is 1. The molecule has 2 aromatic carbocycles. The fourth-order valence-corrected chi connectivity index (χ4v) is 2.85. The third-order valence-electron chi connectivity index (χ3n) is 3.94. The summed E-state index contributed by atoms with van der Waals surface area (Å²) in [5.74, 6) is 0. The second-order valence-corrected chi connectivity index (χ2v) is 5.37. The third-order valence-corrected chi connectivity index (χ3v) is 3.94. The van der Waals surface area contributed by atoms with E-state index in [9.17, 15) is 0 Å². The highest BCUT2D eigenvalue weighted by Gasteiger charge is 2.13. The van der Waals surface area contributed by atoms with Gasteiger partial charge in [-0.2, -0.15) is 4.40 Å². The first-order chi connectivity index (χ1) is 10.9. The van der Waals surface area contributed by atoms with E-state index in [0.717, 1.165) is 0 Å². The van der Waals surface area contributed by atoms with Crippen LogP contribution in [0.2, 0.25) is 0 Å². The van der Waals surface area contributed by atoms with E-state index < -0.39 is 0 Å². The monoisotopic (exact) mass is 282 g/mol. The SMILES string of the molecule is c1ccc(-c2cc3cccc[n+]3cc2-c2ccccc2)cc1. The second-order valence-electron chi connectivity index (χ2n) is 5.37. The van der Waals surface area contributed by atoms with Crippen molar-refractivity contribution in [2.24, 2.45) is 0 Å². The minimum Gasteiger partial charge on any atom is -0.167 e. The van der Waals surface area contributed by atoms with Crippen LogP contribution in [0, 0.1) is 0 Å². The Morgan fingerprint density at radius 2 is 1.14 bits per heavy atom. The number of hydrogen-bond donors (Lipinski definition) is 0. The highest BCUT2D eigenvalue weighted by molar-refractivity contribution is 5.84. The molecular formula is C21H16N+. The van der Waals surface area contributed by atoms with Crippen LogP contribution in [0.3, 0.4) is 0 Å². The van der Waals surface area contributed by atoms with Crippen molar-refractivity contribution in [2.75, 3.05) is 0 Å². The number of rotatable bonds is 2. The standard InChI is InChI=1S/C21H16N/c1-3-9-17(10-4-1)20-15-19-13-7-8-14-22(19)16-21(20)18-11-5-2-6-12-18/h1-16H/q+1. The maximum Gasteiger partial charge on any atom is 0.211 e. The molecular weight excluding hydrogens is 266 g/mol. The average Bonchev–Trinajstić information content (AvgIpc) is 2.62. The molecule has 0 saturated heterocycles. The largest absolute Gasteiger partial charge is 0.211 e. The lowest BCUT2D eigenvalue weighted by Crippen LogP contribution is -2.20. The molecule has 104 valence electrons. The van der Waals surface area contributed by atoms with Gasteiger partial charge in [-0.3, -0.25) is 0 Å². The molecule has 22 heavy (non-hydrogen) atoms. The molecule has 0 aliphatic heterocycles. The zero-order valence-corrected chi connectivity index (χ0v) is 12.2. The Labute approximate surface area is 130 Å². The Kier molecular flexibility index (Phi) is 3.17. The van der Waals surface area contributed by atoms with Gasteiger partial charge in [-0.1, -0.05) is 60.7 Å². The van der Waals surface area contributed by atoms with E-state index in [1.807, 2.05) is 0 Å². The molecule has 0 aliphatic carbocycles. The fraction of sp³-hybridized carbons (Fsp3) is 0. The van der Waals surface area contributed by atoms with Crippen molar-refractivity contribution in [2.45, 2.75) is 0 Å². The van der Waals surface area contributed by atoms with E-state index in [1.54, 1.807) is 0 Å². The van der Waals surface area contributed by atoms with Crippen LogP contribution in [0.4, 0.5) is 0 Å². The van der Waals surface area contributed by atoms with Crippen LogP contribution >= 0.6 is 0 Å². The van der Waals surface area contributed by atoms with Gasteiger partial charge in [0.25, 0.3) is 0 Å². The topological polar surface area (TPSA) is 4.10 Å². The van der Waals surface area contributed by atoms with E-state index >= 15 is 0 Å². The van der Waals surface area contributed by atoms with Gasteiger partial charge in [-0.05, 0) is 17.2 Å². The molecule has 0 atom stereocenters. The predicted molar refractivity (Wildman–Crippen MR) is 90.5 cm³/mol. The van der Waals surface area contributed by atoms with Crippen molar-refractivity contribution in [3.63, 3.8) is 0 Å². The van der Waals surface area contributed by atoms with E-state index in [0.29, 0.717) is 0 Å². The van der Waals surface area contributed by atoms with Crippen molar-refractivity contribution in [1.29, 1.82) is 0 Å². The highest BCUT2D eigenvalue weighted by atomic mass is 14.8. The van der Waals surface area contributed by atoms with Gasteiger partial charge in [-0.25, -0.2) is 0 Å². The van der Waals surface area contributed by atoms with Gasteiger partial charge in [-0.15, -0.1) is 0 Å². The zero-order valence-electron chi connectivity index (χ0n) is 12.2. The number of nitrogens with zero attached hydrogens (tertiary/aromatic N) is 1. The fourth-order valence-electron chi connectivity index (χ4n) is 2.85. The van der Waals surface area contributed by atoms with Gasteiger partial charge in [0.05, 0.1) is 5.56 Å². The second kappa shape index (κ2) is 5.45. The average molecular weight is 282 g/mol. The van der Waals surface area contributed by atoms with E-state index in [4.69, 9.17) is 0 Å². The number of pyridine rings is 2. The Bertz CT molecular complexity index is 834. The van der Waals surface area contributed by atoms with Crippen LogP contribution < -0.4 is 4.40 Å². The molecule has 0 N–H and O–H groups in total. The first-order valence-electron chi connectivity index (χ1n) is 7.47. The molecule has 1 heteroatoms. The van der Waals surface area contributed by atoms with Crippen LogP contribution in [0.15, 0.2) is 97.3 Å². The smallest absolute Gasteiger partial charge is 0.167 e. The zero-order chi connectivity index (χ0) is 14.8. The molecule has 2 heterocycles. The van der Waals surface area contributed by atoms with E-state index in [2.05, 4.69) is 102 Å². The Morgan fingerprint density at radius 1 is 0.545 bits per heavy atom. The molecule has 0 unspecified atom stereocenters. The van der Waals surface area contributed by atoms with Crippen LogP contribution in [-0.4, -0.2) is 0 Å². The van der Waals surface area contributed by atoms with Crippen LogP contribution in [0.25, 0.3) is 27.8 Å². The van der Waals surface area contributed by atoms with Gasteiger partial charge < -0.3 is 0 Å². The Hall–Kier alpha value is -2.93. The van der Waals surface area contributed by atoms with Crippen molar-refractivity contribution in [1.82, 2.24) is 0 Å². The first kappa shape index (κ1) is 12.8. The molecule has 2 aromatic heterocycles. The molecule has 0 bridgehead atoms. The molecule has 0 spiro atoms. The lowest BCUT2D eigenvalue weighted by molar-refractivity contribution is -0.511. The lowest BCUT2D eigenvalue weighted by Gasteiger charge is -2.08. The number of fused-ring (bicyclic) bond motifs is 1. The summed E-state index contributed by atoms with van der Waals surface area (Å²) < 4.78 is 2.18. The maximum absolute atomic E-state index is 2.26. The van der Waals surface area contributed by atoms with E-state index in [-0.39, 0.29) is 0 Å². The Morgan fingerprint density at radius 3 is 1.82 bits per heavy atom. The lowest BCUT2D eigenvalue weighted by atomic mass is 9.96. The van der Waals surface area contributed by atoms with Gasteiger partial charge in [0.1, 0.15) is 0 Å². The summed E-state index contributed by atoms with van der Waals surface area (Å²) in [7, 11) is 0. The highest BCUT2D eigenvalue weighted by Crippen LogP contribution is 2.31. The number of hydrogen-bond acceptors (Lipinski definition) is 0. The van der Waals surface area contributed by atoms with Crippen molar-refractivity contribution in [3.8, 4) is 22.3 Å². The van der Waals surface area contributed by atoms with Crippen molar-refractivity contribution < 1.29 is 4.40 Å². The minimum absolute atomic E-state index is 1.20. The third kappa shape index (κ3) is 2.27. The summed E-state index contributed by atoms with van der Waals surface area (Å²) >= 11 is 0. The minimum atomic E-state index is 1.20. The van der Waals surface area contributed by atoms with Crippen LogP contribution in [0.1, 0.15) is 0 Å². The summed E-state index contributed by atoms with van der Waals surface area (Å²) in [6.45, 7) is 0. The predicted octanol–water partition coefficient (Wildman–Crippen LogP) is 4.76. The summed E-state index contributed by atoms with van der Waals surface area (Å²) in [6.07, 6.45) is 4.31. The van der Waals surface area contributed by atoms with Crippen LogP contribution in [0.5, 0.6) is 0 Å². The maximum atomic E-state index is 2.26. The molecule has 0 saturated carbocycles. The molecule has 4 aromatic rings. The van der Waals surface area contributed by atoms with Gasteiger partial charge >= 0.3 is 0 Å². The summed E-state index contributed by atoms with van der Waals surface area (Å²) in [5.41, 5.74) is 6.18. The number of benzene rings is 2. The molecule has 1 nitrogen and oxygen atoms in total. The molecule has 0 aliphatic rings. The first-order valence-corrected chi connectivity index (χ1v) is 7.47. The molecule has 0 fully saturated rings. The molecule has 0 amide bonds. The van der Waals surface area contributed by atoms with Crippen LogP contribution in [-0.2, 0) is 0 Å². The Balaban J connectivity index is 2.04. The van der Waals surface area contributed by atoms with Gasteiger partial charge in [0.2, 0.25) is 5.52 Å². The summed E-state index contributed by atoms with van der Waals surface area (Å²) in [4.78, 5) is 0. The summed E-state index contributed by atoms with van der Waals surface area (Å²) in [6, 6.07) is 29.7.